The van der Waals surface area contributed by atoms with Gasteiger partial charge >= 0.3 is 0 Å². The van der Waals surface area contributed by atoms with E-state index in [1.807, 2.05) is 48.5 Å². The molecule has 3 aromatic rings. The van der Waals surface area contributed by atoms with Crippen LogP contribution in [0.1, 0.15) is 11.1 Å². The van der Waals surface area contributed by atoms with Crippen molar-refractivity contribution in [1.29, 1.82) is 0 Å². The molecule has 0 spiro atoms. The maximum atomic E-state index is 11.5. The number of hydrogen-bond acceptors (Lipinski definition) is 2. The third-order valence-corrected chi connectivity index (χ3v) is 5.83. The van der Waals surface area contributed by atoms with E-state index in [2.05, 4.69) is 0 Å². The lowest BCUT2D eigenvalue weighted by Gasteiger charge is -2.29. The molecule has 0 aliphatic carbocycles. The second-order valence-corrected chi connectivity index (χ2v) is 7.97. The molecular formula is C20H15Cl3OS. The Morgan fingerprint density at radius 1 is 0.640 bits per heavy atom. The van der Waals surface area contributed by atoms with Crippen LogP contribution in [-0.4, -0.2) is 10.9 Å². The van der Waals surface area contributed by atoms with Crippen molar-refractivity contribution in [2.24, 2.45) is 0 Å². The average molecular weight is 410 g/mol. The highest BCUT2D eigenvalue weighted by Gasteiger charge is 2.31. The largest absolute Gasteiger partial charge is 0.380 e. The van der Waals surface area contributed by atoms with E-state index in [0.717, 1.165) is 16.0 Å². The Labute approximate surface area is 166 Å². The van der Waals surface area contributed by atoms with Crippen LogP contribution in [0.2, 0.25) is 15.1 Å². The molecule has 1 N–H and O–H groups in total. The monoisotopic (exact) mass is 408 g/mol. The summed E-state index contributed by atoms with van der Waals surface area (Å²) >= 11 is 19.5. The first-order chi connectivity index (χ1) is 12.0. The first-order valence-corrected chi connectivity index (χ1v) is 9.72. The molecule has 0 saturated heterocycles. The molecule has 0 aromatic heterocycles. The summed E-state index contributed by atoms with van der Waals surface area (Å²) in [6.45, 7) is 0. The van der Waals surface area contributed by atoms with E-state index in [-0.39, 0.29) is 0 Å². The van der Waals surface area contributed by atoms with Crippen LogP contribution >= 0.6 is 46.6 Å². The van der Waals surface area contributed by atoms with Crippen LogP contribution in [0, 0.1) is 0 Å². The van der Waals surface area contributed by atoms with Crippen molar-refractivity contribution in [2.45, 2.75) is 10.5 Å². The van der Waals surface area contributed by atoms with Gasteiger partial charge in [0.25, 0.3) is 0 Å². The van der Waals surface area contributed by atoms with Crippen molar-refractivity contribution in [1.82, 2.24) is 0 Å². The molecule has 0 bridgehead atoms. The summed E-state index contributed by atoms with van der Waals surface area (Å²) in [6, 6.07) is 22.1. The molecule has 0 atom stereocenters. The zero-order valence-electron chi connectivity index (χ0n) is 13.1. The fraction of sp³-hybridized carbons (Fsp3) is 0.100. The molecule has 128 valence electrons. The first-order valence-electron chi connectivity index (χ1n) is 7.60. The molecule has 3 rings (SSSR count). The van der Waals surface area contributed by atoms with Gasteiger partial charge in [0.2, 0.25) is 0 Å². The topological polar surface area (TPSA) is 20.2 Å². The summed E-state index contributed by atoms with van der Waals surface area (Å²) in [6.07, 6.45) is 0. The van der Waals surface area contributed by atoms with E-state index in [4.69, 9.17) is 34.8 Å². The van der Waals surface area contributed by atoms with Gasteiger partial charge < -0.3 is 5.11 Å². The number of thioether (sulfide) groups is 1. The number of hydrogen-bond donors (Lipinski definition) is 1. The summed E-state index contributed by atoms with van der Waals surface area (Å²) in [7, 11) is 0. The molecule has 0 fully saturated rings. The standard InChI is InChI=1S/C20H15Cl3OS/c21-16-5-1-14(2-6-16)20(24,15-3-7-17(22)8-4-15)13-25-19-11-9-18(23)10-12-19/h1-12,24H,13H2. The Morgan fingerprint density at radius 2 is 1.00 bits per heavy atom. The molecule has 25 heavy (non-hydrogen) atoms. The summed E-state index contributed by atoms with van der Waals surface area (Å²) in [5, 5.41) is 13.5. The lowest BCUT2D eigenvalue weighted by atomic mass is 9.88. The Morgan fingerprint density at radius 3 is 1.40 bits per heavy atom. The minimum absolute atomic E-state index is 0.442. The van der Waals surface area contributed by atoms with Crippen LogP contribution in [0.5, 0.6) is 0 Å². The summed E-state index contributed by atoms with van der Waals surface area (Å²) < 4.78 is 0. The normalized spacial score (nSPS) is 11.5. The van der Waals surface area contributed by atoms with Gasteiger partial charge in [0.15, 0.2) is 0 Å². The van der Waals surface area contributed by atoms with Crippen LogP contribution < -0.4 is 0 Å². The van der Waals surface area contributed by atoms with E-state index in [0.29, 0.717) is 20.8 Å². The molecule has 0 aliphatic rings. The van der Waals surface area contributed by atoms with Crippen molar-refractivity contribution in [2.75, 3.05) is 5.75 Å². The lowest BCUT2D eigenvalue weighted by molar-refractivity contribution is 0.107. The minimum atomic E-state index is -1.17. The van der Waals surface area contributed by atoms with E-state index in [1.165, 1.54) is 0 Å². The van der Waals surface area contributed by atoms with Crippen molar-refractivity contribution in [3.63, 3.8) is 0 Å². The van der Waals surface area contributed by atoms with Gasteiger partial charge in [0, 0.05) is 25.7 Å². The molecule has 0 amide bonds. The summed E-state index contributed by atoms with van der Waals surface area (Å²) in [5.74, 6) is 0.442. The average Bonchev–Trinajstić information content (AvgIpc) is 2.62. The van der Waals surface area contributed by atoms with Crippen molar-refractivity contribution >= 4 is 46.6 Å². The molecule has 0 saturated carbocycles. The number of rotatable bonds is 5. The summed E-state index contributed by atoms with van der Waals surface area (Å²) in [4.78, 5) is 1.03. The molecule has 0 unspecified atom stereocenters. The highest BCUT2D eigenvalue weighted by Crippen LogP contribution is 2.36. The van der Waals surface area contributed by atoms with Gasteiger partial charge in [-0.3, -0.25) is 0 Å². The van der Waals surface area contributed by atoms with Crippen LogP contribution in [0.15, 0.2) is 77.7 Å². The SMILES string of the molecule is OC(CSc1ccc(Cl)cc1)(c1ccc(Cl)cc1)c1ccc(Cl)cc1. The molecule has 0 heterocycles. The Hall–Kier alpha value is -1.16. The maximum absolute atomic E-state index is 11.5. The zero-order chi connectivity index (χ0) is 17.9. The molecule has 0 radical (unpaired) electrons. The Bertz CT molecular complexity index is 785. The van der Waals surface area contributed by atoms with Gasteiger partial charge in [-0.25, -0.2) is 0 Å². The van der Waals surface area contributed by atoms with E-state index >= 15 is 0 Å². The second kappa shape index (κ2) is 8.03. The van der Waals surface area contributed by atoms with Gasteiger partial charge in [-0.05, 0) is 59.7 Å². The van der Waals surface area contributed by atoms with Gasteiger partial charge in [-0.2, -0.15) is 0 Å². The second-order valence-electron chi connectivity index (χ2n) is 5.62. The molecule has 5 heteroatoms. The molecule has 3 aromatic carbocycles. The van der Waals surface area contributed by atoms with E-state index < -0.39 is 5.60 Å². The van der Waals surface area contributed by atoms with E-state index in [9.17, 15) is 5.11 Å². The number of aliphatic hydroxyl groups is 1. The third-order valence-electron chi connectivity index (χ3n) is 3.90. The van der Waals surface area contributed by atoms with Crippen LogP contribution in [0.4, 0.5) is 0 Å². The predicted molar refractivity (Wildman–Crippen MR) is 108 cm³/mol. The van der Waals surface area contributed by atoms with Gasteiger partial charge in [-0.15, -0.1) is 11.8 Å². The van der Waals surface area contributed by atoms with Crippen LogP contribution in [0.3, 0.4) is 0 Å². The fourth-order valence-corrected chi connectivity index (χ4v) is 3.92. The number of benzene rings is 3. The smallest absolute Gasteiger partial charge is 0.124 e. The molecule has 0 aliphatic heterocycles. The fourth-order valence-electron chi connectivity index (χ4n) is 2.50. The quantitative estimate of drug-likeness (QED) is 0.474. The highest BCUT2D eigenvalue weighted by atomic mass is 35.5. The predicted octanol–water partition coefficient (Wildman–Crippen LogP) is 6.68. The highest BCUT2D eigenvalue weighted by molar-refractivity contribution is 7.99. The zero-order valence-corrected chi connectivity index (χ0v) is 16.2. The van der Waals surface area contributed by atoms with Gasteiger partial charge in [0.05, 0.1) is 0 Å². The van der Waals surface area contributed by atoms with Crippen LogP contribution in [-0.2, 0) is 5.60 Å². The number of halogens is 3. The van der Waals surface area contributed by atoms with Gasteiger partial charge in [-0.1, -0.05) is 59.1 Å². The lowest BCUT2D eigenvalue weighted by Crippen LogP contribution is -2.30. The first kappa shape index (κ1) is 18.6. The van der Waals surface area contributed by atoms with E-state index in [1.54, 1.807) is 36.0 Å². The Kier molecular flexibility index (Phi) is 5.98. The van der Waals surface area contributed by atoms with Gasteiger partial charge in [0.1, 0.15) is 5.60 Å². The Balaban J connectivity index is 1.94. The molecule has 1 nitrogen and oxygen atoms in total. The third kappa shape index (κ3) is 4.52. The summed E-state index contributed by atoms with van der Waals surface area (Å²) in [5.41, 5.74) is 0.390. The maximum Gasteiger partial charge on any atom is 0.124 e. The molecular weight excluding hydrogens is 395 g/mol. The van der Waals surface area contributed by atoms with Crippen molar-refractivity contribution in [3.8, 4) is 0 Å². The minimum Gasteiger partial charge on any atom is -0.380 e. The van der Waals surface area contributed by atoms with Crippen molar-refractivity contribution in [3.05, 3.63) is 99.0 Å². The van der Waals surface area contributed by atoms with Crippen molar-refractivity contribution < 1.29 is 5.11 Å². The van der Waals surface area contributed by atoms with Crippen LogP contribution in [0.25, 0.3) is 0 Å².